The lowest BCUT2D eigenvalue weighted by Gasteiger charge is -2.17. The number of esters is 1. The highest BCUT2D eigenvalue weighted by atomic mass is 16.5. The highest BCUT2D eigenvalue weighted by molar-refractivity contribution is 5.91. The Kier molecular flexibility index (Phi) is 2.55. The van der Waals surface area contributed by atoms with E-state index in [0.717, 1.165) is 11.1 Å². The summed E-state index contributed by atoms with van der Waals surface area (Å²) in [6, 6.07) is 0. The summed E-state index contributed by atoms with van der Waals surface area (Å²) in [5.74, 6) is -0.588. The number of pyridine rings is 1. The van der Waals surface area contributed by atoms with E-state index in [-0.39, 0.29) is 5.56 Å². The Morgan fingerprint density at radius 1 is 1.60 bits per heavy atom. The van der Waals surface area contributed by atoms with Crippen molar-refractivity contribution in [1.82, 2.24) is 4.98 Å². The maximum atomic E-state index is 11.5. The molecule has 0 fully saturated rings. The summed E-state index contributed by atoms with van der Waals surface area (Å²) in [5.41, 5.74) is 1.30. The molecule has 1 N–H and O–H groups in total. The van der Waals surface area contributed by atoms with Crippen LogP contribution >= 0.6 is 0 Å². The molecule has 15 heavy (non-hydrogen) atoms. The normalized spacial score (nSPS) is 14.5. The predicted octanol–water partition coefficient (Wildman–Crippen LogP) is 0.234. The highest BCUT2D eigenvalue weighted by Crippen LogP contribution is 2.17. The summed E-state index contributed by atoms with van der Waals surface area (Å²) in [7, 11) is 1.26. The summed E-state index contributed by atoms with van der Waals surface area (Å²) < 4.78 is 9.81. The van der Waals surface area contributed by atoms with Crippen LogP contribution in [0.1, 0.15) is 21.5 Å². The first-order valence-corrected chi connectivity index (χ1v) is 4.63. The van der Waals surface area contributed by atoms with Crippen molar-refractivity contribution in [3.8, 4) is 0 Å². The quantitative estimate of drug-likeness (QED) is 0.672. The molecule has 5 nitrogen and oxygen atoms in total. The number of nitrogens with one attached hydrogen (secondary N) is 1. The molecule has 0 unspecified atom stereocenters. The van der Waals surface area contributed by atoms with Gasteiger partial charge in [-0.15, -0.1) is 0 Å². The van der Waals surface area contributed by atoms with Crippen LogP contribution < -0.4 is 5.56 Å². The number of carbonyl (C=O) groups excluding carboxylic acids is 1. The lowest BCUT2D eigenvalue weighted by molar-refractivity contribution is 0.0592. The SMILES string of the molecule is COC(=O)c1c2c(c[nH]c1=O)COCC2. The summed E-state index contributed by atoms with van der Waals surface area (Å²) in [4.78, 5) is 25.4. The van der Waals surface area contributed by atoms with E-state index < -0.39 is 11.5 Å². The molecule has 2 rings (SSSR count). The molecule has 1 aliphatic rings. The van der Waals surface area contributed by atoms with Crippen molar-refractivity contribution in [1.29, 1.82) is 0 Å². The summed E-state index contributed by atoms with van der Waals surface area (Å²) in [6.07, 6.45) is 2.16. The smallest absolute Gasteiger partial charge is 0.343 e. The number of rotatable bonds is 1. The van der Waals surface area contributed by atoms with Gasteiger partial charge in [-0.1, -0.05) is 0 Å². The van der Waals surface area contributed by atoms with Gasteiger partial charge in [-0.05, 0) is 17.5 Å². The average Bonchev–Trinajstić information content (AvgIpc) is 2.28. The highest BCUT2D eigenvalue weighted by Gasteiger charge is 2.21. The Morgan fingerprint density at radius 3 is 3.13 bits per heavy atom. The fourth-order valence-corrected chi connectivity index (χ4v) is 1.70. The van der Waals surface area contributed by atoms with E-state index in [1.54, 1.807) is 6.20 Å². The number of aromatic nitrogens is 1. The molecular weight excluding hydrogens is 198 g/mol. The number of ether oxygens (including phenoxy) is 2. The van der Waals surface area contributed by atoms with Gasteiger partial charge in [0.25, 0.3) is 5.56 Å². The van der Waals surface area contributed by atoms with Crippen LogP contribution in [0.4, 0.5) is 0 Å². The van der Waals surface area contributed by atoms with Crippen molar-refractivity contribution >= 4 is 5.97 Å². The molecule has 0 aromatic carbocycles. The number of hydrogen-bond acceptors (Lipinski definition) is 4. The monoisotopic (exact) mass is 209 g/mol. The Morgan fingerprint density at radius 2 is 2.40 bits per heavy atom. The number of methoxy groups -OCH3 is 1. The number of H-pyrrole nitrogens is 1. The van der Waals surface area contributed by atoms with Crippen molar-refractivity contribution in [2.75, 3.05) is 13.7 Å². The third kappa shape index (κ3) is 1.66. The van der Waals surface area contributed by atoms with Crippen LogP contribution in [0.5, 0.6) is 0 Å². The molecule has 0 radical (unpaired) electrons. The fraction of sp³-hybridized carbons (Fsp3) is 0.400. The lowest BCUT2D eigenvalue weighted by Crippen LogP contribution is -2.26. The van der Waals surface area contributed by atoms with Crippen LogP contribution in [0, 0.1) is 0 Å². The fourth-order valence-electron chi connectivity index (χ4n) is 1.70. The van der Waals surface area contributed by atoms with Crippen molar-refractivity contribution in [3.05, 3.63) is 33.2 Å². The van der Waals surface area contributed by atoms with Gasteiger partial charge in [0.15, 0.2) is 0 Å². The van der Waals surface area contributed by atoms with Crippen molar-refractivity contribution < 1.29 is 14.3 Å². The molecule has 0 saturated heterocycles. The molecule has 0 atom stereocenters. The van der Waals surface area contributed by atoms with E-state index >= 15 is 0 Å². The number of fused-ring (bicyclic) bond motifs is 1. The van der Waals surface area contributed by atoms with Crippen LogP contribution in [0.25, 0.3) is 0 Å². The zero-order valence-corrected chi connectivity index (χ0v) is 8.33. The lowest BCUT2D eigenvalue weighted by atomic mass is 10.0. The van der Waals surface area contributed by atoms with Crippen molar-refractivity contribution in [3.63, 3.8) is 0 Å². The molecule has 80 valence electrons. The van der Waals surface area contributed by atoms with Gasteiger partial charge in [0.05, 0.1) is 20.3 Å². The number of hydrogen-bond donors (Lipinski definition) is 1. The van der Waals surface area contributed by atoms with Crippen molar-refractivity contribution in [2.45, 2.75) is 13.0 Å². The Bertz CT molecular complexity index is 449. The largest absolute Gasteiger partial charge is 0.465 e. The van der Waals surface area contributed by atoms with Gasteiger partial charge in [0, 0.05) is 6.20 Å². The van der Waals surface area contributed by atoms with Crippen LogP contribution in [-0.2, 0) is 22.5 Å². The molecule has 5 heteroatoms. The second-order valence-corrected chi connectivity index (χ2v) is 3.29. The van der Waals surface area contributed by atoms with Crippen molar-refractivity contribution in [2.24, 2.45) is 0 Å². The first-order valence-electron chi connectivity index (χ1n) is 4.63. The second-order valence-electron chi connectivity index (χ2n) is 3.29. The molecule has 0 aliphatic carbocycles. The van der Waals surface area contributed by atoms with E-state index in [1.807, 2.05) is 0 Å². The number of carbonyl (C=O) groups is 1. The Labute approximate surface area is 86.0 Å². The van der Waals surface area contributed by atoms with Gasteiger partial charge in [-0.3, -0.25) is 4.79 Å². The van der Waals surface area contributed by atoms with Gasteiger partial charge in [-0.25, -0.2) is 4.79 Å². The maximum absolute atomic E-state index is 11.5. The zero-order chi connectivity index (χ0) is 10.8. The molecule has 1 aromatic heterocycles. The number of aromatic amines is 1. The molecule has 0 amide bonds. The second kappa shape index (κ2) is 3.86. The standard InChI is InChI=1S/C10H11NO4/c1-14-10(13)8-7-2-3-15-5-6(7)4-11-9(8)12/h4H,2-3,5H2,1H3,(H,11,12). The topological polar surface area (TPSA) is 68.4 Å². The van der Waals surface area contributed by atoms with Crippen LogP contribution in [0.3, 0.4) is 0 Å². The Balaban J connectivity index is 2.60. The van der Waals surface area contributed by atoms with Crippen LogP contribution in [-0.4, -0.2) is 24.7 Å². The average molecular weight is 209 g/mol. The molecule has 2 heterocycles. The third-order valence-electron chi connectivity index (χ3n) is 2.44. The van der Waals surface area contributed by atoms with E-state index in [2.05, 4.69) is 9.72 Å². The Hall–Kier alpha value is -1.62. The van der Waals surface area contributed by atoms with Gasteiger partial charge < -0.3 is 14.5 Å². The summed E-state index contributed by atoms with van der Waals surface area (Å²) in [5, 5.41) is 0. The van der Waals surface area contributed by atoms with Crippen LogP contribution in [0.15, 0.2) is 11.0 Å². The van der Waals surface area contributed by atoms with E-state index in [1.165, 1.54) is 7.11 Å². The van der Waals surface area contributed by atoms with E-state index in [9.17, 15) is 9.59 Å². The van der Waals surface area contributed by atoms with Crippen LogP contribution in [0.2, 0.25) is 0 Å². The predicted molar refractivity (Wildman–Crippen MR) is 51.8 cm³/mol. The molecule has 1 aliphatic heterocycles. The minimum absolute atomic E-state index is 0.110. The van der Waals surface area contributed by atoms with Gasteiger partial charge in [0.2, 0.25) is 0 Å². The van der Waals surface area contributed by atoms with Gasteiger partial charge in [0.1, 0.15) is 5.56 Å². The summed E-state index contributed by atoms with van der Waals surface area (Å²) >= 11 is 0. The molecule has 0 saturated carbocycles. The summed E-state index contributed by atoms with van der Waals surface area (Å²) in [6.45, 7) is 0.955. The third-order valence-corrected chi connectivity index (χ3v) is 2.44. The minimum atomic E-state index is -0.588. The van der Waals surface area contributed by atoms with E-state index in [4.69, 9.17) is 4.74 Å². The minimum Gasteiger partial charge on any atom is -0.465 e. The maximum Gasteiger partial charge on any atom is 0.343 e. The first kappa shape index (κ1) is 9.92. The van der Waals surface area contributed by atoms with Gasteiger partial charge in [-0.2, -0.15) is 0 Å². The van der Waals surface area contributed by atoms with Gasteiger partial charge >= 0.3 is 5.97 Å². The van der Waals surface area contributed by atoms with E-state index in [0.29, 0.717) is 19.6 Å². The molecule has 0 spiro atoms. The molecule has 0 bridgehead atoms. The zero-order valence-electron chi connectivity index (χ0n) is 8.33. The first-order chi connectivity index (χ1) is 7.24. The molecular formula is C10H11NO4. The molecule has 1 aromatic rings.